The van der Waals surface area contributed by atoms with Crippen molar-refractivity contribution in [2.24, 2.45) is 0 Å². The molecule has 1 fully saturated rings. The molecule has 3 aliphatic rings. The molecule has 0 aliphatic carbocycles. The zero-order valence-corrected chi connectivity index (χ0v) is 12.0. The fourth-order valence-electron chi connectivity index (χ4n) is 4.27. The van der Waals surface area contributed by atoms with Crippen LogP contribution in [0.3, 0.4) is 0 Å². The quantitative estimate of drug-likeness (QED) is 0.728. The third kappa shape index (κ3) is 1.66. The van der Waals surface area contributed by atoms with Crippen LogP contribution in [0.15, 0.2) is 48.5 Å². The Labute approximate surface area is 126 Å². The maximum Gasteiger partial charge on any atom is 0.147 e. The number of nitrogens with zero attached hydrogens (tertiary/aromatic N) is 2. The van der Waals surface area contributed by atoms with E-state index in [9.17, 15) is 0 Å². The second-order valence-electron chi connectivity index (χ2n) is 6.27. The summed E-state index contributed by atoms with van der Waals surface area (Å²) in [6.45, 7) is 5.83. The maximum atomic E-state index is 3.64. The molecule has 0 unspecified atom stereocenters. The van der Waals surface area contributed by atoms with Crippen LogP contribution in [0.4, 0.5) is 0 Å². The summed E-state index contributed by atoms with van der Waals surface area (Å²) in [6, 6.07) is 18.8. The molecule has 2 nitrogen and oxygen atoms in total. The normalized spacial score (nSPS) is 27.6. The third-order valence-electron chi connectivity index (χ3n) is 5.22. The average molecular weight is 274 g/mol. The van der Waals surface area contributed by atoms with Gasteiger partial charge in [-0.05, 0) is 35.1 Å². The summed E-state index contributed by atoms with van der Waals surface area (Å²) in [4.78, 5) is 4.88. The van der Waals surface area contributed by atoms with Gasteiger partial charge in [0.25, 0.3) is 0 Å². The lowest BCUT2D eigenvalue weighted by Crippen LogP contribution is -2.32. The lowest BCUT2D eigenvalue weighted by atomic mass is 9.83. The van der Waals surface area contributed by atoms with E-state index < -0.39 is 0 Å². The number of benzene rings is 2. The molecule has 3 aliphatic heterocycles. The van der Waals surface area contributed by atoms with Crippen LogP contribution in [0.5, 0.6) is 0 Å². The van der Waals surface area contributed by atoms with Gasteiger partial charge >= 0.3 is 0 Å². The van der Waals surface area contributed by atoms with E-state index in [-0.39, 0.29) is 0 Å². The highest BCUT2D eigenvalue weighted by atomic mass is 15.4. The highest BCUT2D eigenvalue weighted by molar-refractivity contribution is 5.42. The van der Waals surface area contributed by atoms with E-state index in [1.54, 1.807) is 0 Å². The standard InChI is InChI=1S/C19H18N2/c1-3-7-16-14(5-1)9-11-20-13-21-12-10-15-6-2-4-8-17(15)19(21)18(16)20/h1-8,18-19H,9-12H2/t18-,19-/m1/s1. The molecule has 1 saturated heterocycles. The molecule has 0 spiro atoms. The molecular weight excluding hydrogens is 256 g/mol. The Morgan fingerprint density at radius 3 is 1.71 bits per heavy atom. The maximum absolute atomic E-state index is 3.64. The molecule has 0 N–H and O–H groups in total. The molecule has 2 radical (unpaired) electrons. The number of fused-ring (bicyclic) bond motifs is 7. The molecule has 2 aromatic carbocycles. The predicted molar refractivity (Wildman–Crippen MR) is 82.4 cm³/mol. The van der Waals surface area contributed by atoms with Crippen LogP contribution in [-0.4, -0.2) is 22.9 Å². The molecular formula is C19H18N2. The van der Waals surface area contributed by atoms with E-state index in [1.807, 2.05) is 0 Å². The first-order valence-electron chi connectivity index (χ1n) is 7.87. The van der Waals surface area contributed by atoms with Crippen LogP contribution in [0.1, 0.15) is 34.3 Å². The van der Waals surface area contributed by atoms with E-state index in [4.69, 9.17) is 0 Å². The summed E-state index contributed by atoms with van der Waals surface area (Å²) in [7, 11) is 0. The summed E-state index contributed by atoms with van der Waals surface area (Å²) in [5, 5.41) is 0. The van der Waals surface area contributed by atoms with Crippen molar-refractivity contribution in [2.75, 3.05) is 13.1 Å². The largest absolute Gasteiger partial charge is 0.270 e. The molecule has 104 valence electrons. The van der Waals surface area contributed by atoms with Gasteiger partial charge in [-0.15, -0.1) is 0 Å². The number of hydrogen-bond acceptors (Lipinski definition) is 2. The highest BCUT2D eigenvalue weighted by Crippen LogP contribution is 2.50. The van der Waals surface area contributed by atoms with Crippen molar-refractivity contribution in [3.05, 3.63) is 77.5 Å². The molecule has 2 heteroatoms. The van der Waals surface area contributed by atoms with Crippen molar-refractivity contribution in [1.29, 1.82) is 0 Å². The lowest BCUT2D eigenvalue weighted by Gasteiger charge is -2.36. The van der Waals surface area contributed by atoms with Gasteiger partial charge in [0, 0.05) is 13.1 Å². The average Bonchev–Trinajstić information content (AvgIpc) is 2.94. The van der Waals surface area contributed by atoms with E-state index >= 15 is 0 Å². The van der Waals surface area contributed by atoms with Gasteiger partial charge in [-0.3, -0.25) is 9.80 Å². The van der Waals surface area contributed by atoms with Crippen LogP contribution in [0.25, 0.3) is 0 Å². The second kappa shape index (κ2) is 4.43. The molecule has 21 heavy (non-hydrogen) atoms. The predicted octanol–water partition coefficient (Wildman–Crippen LogP) is 3.20. The molecule has 0 bridgehead atoms. The van der Waals surface area contributed by atoms with Gasteiger partial charge in [-0.1, -0.05) is 48.5 Å². The molecule has 2 aromatic rings. The lowest BCUT2D eigenvalue weighted by molar-refractivity contribution is 0.249. The summed E-state index contributed by atoms with van der Waals surface area (Å²) in [6.07, 6.45) is 2.28. The zero-order valence-electron chi connectivity index (χ0n) is 12.0. The van der Waals surface area contributed by atoms with E-state index in [1.165, 1.54) is 22.3 Å². The molecule has 0 aromatic heterocycles. The Morgan fingerprint density at radius 1 is 0.714 bits per heavy atom. The van der Waals surface area contributed by atoms with Crippen molar-refractivity contribution in [3.8, 4) is 0 Å². The summed E-state index contributed by atoms with van der Waals surface area (Å²) in [5.41, 5.74) is 6.04. The number of rotatable bonds is 0. The van der Waals surface area contributed by atoms with Crippen molar-refractivity contribution in [1.82, 2.24) is 9.80 Å². The molecule has 0 amide bonds. The first-order valence-corrected chi connectivity index (χ1v) is 7.87. The molecule has 2 atom stereocenters. The Morgan fingerprint density at radius 2 is 1.19 bits per heavy atom. The zero-order chi connectivity index (χ0) is 13.8. The smallest absolute Gasteiger partial charge is 0.147 e. The summed E-state index contributed by atoms with van der Waals surface area (Å²) >= 11 is 0. The Bertz CT molecular complexity index is 634. The number of hydrogen-bond donors (Lipinski definition) is 0. The van der Waals surface area contributed by atoms with Gasteiger partial charge in [-0.25, -0.2) is 0 Å². The van der Waals surface area contributed by atoms with E-state index in [0.29, 0.717) is 12.1 Å². The minimum Gasteiger partial charge on any atom is -0.270 e. The SMILES string of the molecule is [C]1N2CCc3ccccc3[C@@H]2[C@H]2c3ccccc3CCN12. The minimum atomic E-state index is 0.441. The van der Waals surface area contributed by atoms with E-state index in [2.05, 4.69) is 65.0 Å². The highest BCUT2D eigenvalue weighted by Gasteiger charge is 2.46. The Balaban J connectivity index is 1.67. The van der Waals surface area contributed by atoms with Crippen molar-refractivity contribution >= 4 is 0 Å². The van der Waals surface area contributed by atoms with Crippen LogP contribution in [-0.2, 0) is 12.8 Å². The summed E-state index contributed by atoms with van der Waals surface area (Å²) in [5.74, 6) is 0. The van der Waals surface area contributed by atoms with Gasteiger partial charge in [0.2, 0.25) is 0 Å². The summed E-state index contributed by atoms with van der Waals surface area (Å²) < 4.78 is 0. The topological polar surface area (TPSA) is 6.48 Å². The fraction of sp³-hybridized carbons (Fsp3) is 0.316. The van der Waals surface area contributed by atoms with Gasteiger partial charge in [0.05, 0.1) is 12.1 Å². The molecule has 3 heterocycles. The van der Waals surface area contributed by atoms with Gasteiger partial charge in [0.15, 0.2) is 0 Å². The van der Waals surface area contributed by atoms with Crippen LogP contribution >= 0.6 is 0 Å². The van der Waals surface area contributed by atoms with Gasteiger partial charge in [-0.2, -0.15) is 0 Å². The van der Waals surface area contributed by atoms with Crippen LogP contribution in [0, 0.1) is 6.67 Å². The Hall–Kier alpha value is -1.64. The van der Waals surface area contributed by atoms with Gasteiger partial charge < -0.3 is 0 Å². The van der Waals surface area contributed by atoms with Crippen molar-refractivity contribution in [3.63, 3.8) is 0 Å². The molecule has 5 rings (SSSR count). The third-order valence-corrected chi connectivity index (χ3v) is 5.22. The first kappa shape index (κ1) is 12.0. The van der Waals surface area contributed by atoms with Crippen LogP contribution < -0.4 is 0 Å². The first-order chi connectivity index (χ1) is 10.4. The molecule has 0 saturated carbocycles. The fourth-order valence-corrected chi connectivity index (χ4v) is 4.27. The van der Waals surface area contributed by atoms with Crippen molar-refractivity contribution < 1.29 is 0 Å². The van der Waals surface area contributed by atoms with E-state index in [0.717, 1.165) is 25.9 Å². The Kier molecular flexibility index (Phi) is 2.52. The van der Waals surface area contributed by atoms with Crippen molar-refractivity contribution in [2.45, 2.75) is 24.9 Å². The van der Waals surface area contributed by atoms with Gasteiger partial charge in [0.1, 0.15) is 6.67 Å². The second-order valence-corrected chi connectivity index (χ2v) is 6.27. The monoisotopic (exact) mass is 274 g/mol. The minimum absolute atomic E-state index is 0.441. The van der Waals surface area contributed by atoms with Crippen LogP contribution in [0.2, 0.25) is 0 Å².